The van der Waals surface area contributed by atoms with Crippen LogP contribution in [0.3, 0.4) is 0 Å². The summed E-state index contributed by atoms with van der Waals surface area (Å²) < 4.78 is 0. The number of fused-ring (bicyclic) bond motifs is 6. The van der Waals surface area contributed by atoms with E-state index in [0.29, 0.717) is 11.8 Å². The molecule has 0 bridgehead atoms. The van der Waals surface area contributed by atoms with Crippen molar-refractivity contribution in [3.8, 4) is 33.4 Å². The van der Waals surface area contributed by atoms with E-state index in [-0.39, 0.29) is 0 Å². The van der Waals surface area contributed by atoms with Gasteiger partial charge in [0, 0.05) is 11.8 Å². The van der Waals surface area contributed by atoms with E-state index in [4.69, 9.17) is 0 Å². The second-order valence-corrected chi connectivity index (χ2v) is 12.1. The van der Waals surface area contributed by atoms with Crippen molar-refractivity contribution in [2.75, 3.05) is 0 Å². The number of aryl methyl sites for hydroxylation is 2. The molecule has 0 amide bonds. The summed E-state index contributed by atoms with van der Waals surface area (Å²) in [6.45, 7) is 6.93. The lowest BCUT2D eigenvalue weighted by molar-refractivity contribution is 0.725. The third-order valence-electron chi connectivity index (χ3n) is 10.1. The molecule has 0 saturated heterocycles. The van der Waals surface area contributed by atoms with Crippen LogP contribution in [0.5, 0.6) is 0 Å². The molecule has 2 unspecified atom stereocenters. The smallest absolute Gasteiger partial charge is 0.0205 e. The molecule has 0 saturated carbocycles. The molecule has 4 aliphatic carbocycles. The van der Waals surface area contributed by atoms with Crippen molar-refractivity contribution in [1.29, 1.82) is 0 Å². The number of hydrogen-bond donors (Lipinski definition) is 0. The van der Waals surface area contributed by atoms with Crippen molar-refractivity contribution in [2.45, 2.75) is 26.7 Å². The molecule has 0 nitrogen and oxygen atoms in total. The van der Waals surface area contributed by atoms with Gasteiger partial charge in [-0.05, 0) is 115 Å². The highest BCUT2D eigenvalue weighted by atomic mass is 14.4. The van der Waals surface area contributed by atoms with E-state index < -0.39 is 0 Å². The van der Waals surface area contributed by atoms with E-state index in [1.54, 1.807) is 0 Å². The van der Waals surface area contributed by atoms with Crippen LogP contribution < -0.4 is 0 Å². The monoisotopic (exact) mass is 522 g/mol. The minimum Gasteiger partial charge on any atom is -0.0760 e. The molecule has 0 radical (unpaired) electrons. The predicted molar refractivity (Wildman–Crippen MR) is 174 cm³/mol. The largest absolute Gasteiger partial charge is 0.0760 e. The molecular formula is C41H30. The van der Waals surface area contributed by atoms with Crippen LogP contribution >= 0.6 is 0 Å². The zero-order valence-corrected chi connectivity index (χ0v) is 23.6. The lowest BCUT2D eigenvalue weighted by Crippen LogP contribution is -2.16. The molecule has 0 aliphatic heterocycles. The highest BCUT2D eigenvalue weighted by Gasteiger charge is 2.41. The van der Waals surface area contributed by atoms with Gasteiger partial charge in [0.15, 0.2) is 0 Å². The zero-order valence-electron chi connectivity index (χ0n) is 23.6. The molecule has 2 atom stereocenters. The van der Waals surface area contributed by atoms with Crippen molar-refractivity contribution < 1.29 is 0 Å². The van der Waals surface area contributed by atoms with E-state index in [0.717, 1.165) is 0 Å². The first kappa shape index (κ1) is 23.1. The Morgan fingerprint density at radius 1 is 0.537 bits per heavy atom. The van der Waals surface area contributed by atoms with Gasteiger partial charge in [0.25, 0.3) is 0 Å². The summed E-state index contributed by atoms with van der Waals surface area (Å²) in [5, 5.41) is 2.74. The Hall–Kier alpha value is -4.68. The van der Waals surface area contributed by atoms with Gasteiger partial charge in [-0.3, -0.25) is 0 Å². The van der Waals surface area contributed by atoms with Gasteiger partial charge in [0.1, 0.15) is 0 Å². The van der Waals surface area contributed by atoms with Gasteiger partial charge >= 0.3 is 0 Å². The Bertz CT molecular complexity index is 2090. The van der Waals surface area contributed by atoms with Gasteiger partial charge in [0.2, 0.25) is 0 Å². The third kappa shape index (κ3) is 2.95. The maximum atomic E-state index is 2.41. The van der Waals surface area contributed by atoms with E-state index in [9.17, 15) is 0 Å². The molecule has 41 heavy (non-hydrogen) atoms. The van der Waals surface area contributed by atoms with Gasteiger partial charge in [0.05, 0.1) is 0 Å². The average Bonchev–Trinajstić information content (AvgIpc) is 3.50. The van der Waals surface area contributed by atoms with Crippen molar-refractivity contribution in [3.05, 3.63) is 154 Å². The van der Waals surface area contributed by atoms with Crippen molar-refractivity contribution in [3.63, 3.8) is 0 Å². The lowest BCUT2D eigenvalue weighted by atomic mass is 9.72. The Labute approximate surface area is 241 Å². The molecule has 5 aromatic carbocycles. The maximum Gasteiger partial charge on any atom is 0.0205 e. The minimum absolute atomic E-state index is 0.399. The van der Waals surface area contributed by atoms with Crippen LogP contribution in [-0.4, -0.2) is 0 Å². The quantitative estimate of drug-likeness (QED) is 0.212. The molecule has 9 rings (SSSR count). The van der Waals surface area contributed by atoms with Crippen LogP contribution in [0.1, 0.15) is 39.3 Å². The Morgan fingerprint density at radius 2 is 1.22 bits per heavy atom. The molecule has 0 heteroatoms. The number of rotatable bonds is 2. The first-order chi connectivity index (χ1) is 20.1. The molecule has 5 aromatic rings. The van der Waals surface area contributed by atoms with Gasteiger partial charge < -0.3 is 0 Å². The highest BCUT2D eigenvalue weighted by Crippen LogP contribution is 2.57. The number of allylic oxidation sites excluding steroid dienone is 8. The highest BCUT2D eigenvalue weighted by molar-refractivity contribution is 6.19. The Morgan fingerprint density at radius 3 is 2.05 bits per heavy atom. The summed E-state index contributed by atoms with van der Waals surface area (Å²) in [5.74, 6) is 0.820. The van der Waals surface area contributed by atoms with Crippen LogP contribution in [-0.2, 0) is 0 Å². The first-order valence-corrected chi connectivity index (χ1v) is 14.8. The first-order valence-electron chi connectivity index (χ1n) is 14.8. The summed E-state index contributed by atoms with van der Waals surface area (Å²) in [4.78, 5) is 0. The molecule has 0 N–H and O–H groups in total. The van der Waals surface area contributed by atoms with E-state index in [2.05, 4.69) is 136 Å². The van der Waals surface area contributed by atoms with Crippen LogP contribution in [0.4, 0.5) is 0 Å². The molecule has 194 valence electrons. The van der Waals surface area contributed by atoms with Crippen LogP contribution in [0.2, 0.25) is 0 Å². The van der Waals surface area contributed by atoms with Gasteiger partial charge in [-0.15, -0.1) is 0 Å². The topological polar surface area (TPSA) is 0 Å². The summed E-state index contributed by atoms with van der Waals surface area (Å²) in [7, 11) is 0. The molecule has 0 heterocycles. The summed E-state index contributed by atoms with van der Waals surface area (Å²) in [6, 6.07) is 31.8. The number of hydrogen-bond acceptors (Lipinski definition) is 0. The number of benzene rings is 5. The fourth-order valence-corrected chi connectivity index (χ4v) is 8.54. The second kappa shape index (κ2) is 8.18. The second-order valence-electron chi connectivity index (χ2n) is 12.1. The summed E-state index contributed by atoms with van der Waals surface area (Å²) >= 11 is 0. The third-order valence-corrected chi connectivity index (χ3v) is 10.1. The summed E-state index contributed by atoms with van der Waals surface area (Å²) in [5.41, 5.74) is 20.8. The Kier molecular flexibility index (Phi) is 4.60. The fraction of sp³-hybridized carbons (Fsp3) is 0.122. The van der Waals surface area contributed by atoms with Crippen molar-refractivity contribution in [1.82, 2.24) is 0 Å². The molecular weight excluding hydrogens is 492 g/mol. The molecule has 0 spiro atoms. The SMILES string of the molecule is Cc1cc(C)c(-c2ccc3c4c(cccc24)-c2ccccc2-3)c(C)c1C1=CC=C2c3ccccc3C3C=CC=C1C23. The Balaban J connectivity index is 1.27. The van der Waals surface area contributed by atoms with Crippen LogP contribution in [0, 0.1) is 26.7 Å². The lowest BCUT2D eigenvalue weighted by Gasteiger charge is -2.31. The van der Waals surface area contributed by atoms with Crippen molar-refractivity contribution in [2.24, 2.45) is 5.92 Å². The fourth-order valence-electron chi connectivity index (χ4n) is 8.54. The minimum atomic E-state index is 0.399. The van der Waals surface area contributed by atoms with E-state index in [1.165, 1.54) is 94.3 Å². The average molecular weight is 523 g/mol. The maximum absolute atomic E-state index is 2.41. The zero-order chi connectivity index (χ0) is 27.4. The van der Waals surface area contributed by atoms with E-state index >= 15 is 0 Å². The van der Waals surface area contributed by atoms with E-state index in [1.807, 2.05) is 0 Å². The van der Waals surface area contributed by atoms with Crippen molar-refractivity contribution >= 4 is 21.9 Å². The molecule has 0 fully saturated rings. The van der Waals surface area contributed by atoms with Crippen LogP contribution in [0.15, 0.2) is 121 Å². The van der Waals surface area contributed by atoms with Gasteiger partial charge in [-0.25, -0.2) is 0 Å². The standard InChI is InChI=1S/C41H30/c1-23-22-24(2)39(37-21-19-35-29-13-7-5-11-27(29)31-15-9-17-33(37)41(31)35)25(3)38(23)36-20-18-34-28-12-6-4-10-26(28)30-14-8-16-32(36)40(30)34/h4-22,30,40H,1-3H3. The molecule has 4 aliphatic rings. The van der Waals surface area contributed by atoms with Gasteiger partial charge in [-0.1, -0.05) is 115 Å². The van der Waals surface area contributed by atoms with Gasteiger partial charge in [-0.2, -0.15) is 0 Å². The predicted octanol–water partition coefficient (Wildman–Crippen LogP) is 10.8. The molecule has 0 aromatic heterocycles. The normalized spacial score (nSPS) is 19.0. The van der Waals surface area contributed by atoms with Crippen LogP contribution in [0.25, 0.3) is 55.3 Å². The summed E-state index contributed by atoms with van der Waals surface area (Å²) in [6.07, 6.45) is 11.9.